The first-order valence-electron chi connectivity index (χ1n) is 5.30. The highest BCUT2D eigenvalue weighted by Gasteiger charge is 2.12. The van der Waals surface area contributed by atoms with Crippen molar-refractivity contribution in [1.29, 1.82) is 0 Å². The SMILES string of the molecule is Cc1cc2sc(C)c(-c3ccccc3)c2s1. The van der Waals surface area contributed by atoms with E-state index in [2.05, 4.69) is 50.2 Å². The minimum absolute atomic E-state index is 1.34. The van der Waals surface area contributed by atoms with Gasteiger partial charge in [-0.1, -0.05) is 30.3 Å². The maximum atomic E-state index is 2.30. The van der Waals surface area contributed by atoms with E-state index in [0.717, 1.165) is 0 Å². The lowest BCUT2D eigenvalue weighted by Crippen LogP contribution is -1.75. The minimum Gasteiger partial charge on any atom is -0.139 e. The van der Waals surface area contributed by atoms with Crippen molar-refractivity contribution in [1.82, 2.24) is 0 Å². The molecule has 2 heteroatoms. The first-order chi connectivity index (χ1) is 7.75. The Morgan fingerprint density at radius 3 is 2.44 bits per heavy atom. The number of fused-ring (bicyclic) bond motifs is 1. The van der Waals surface area contributed by atoms with Gasteiger partial charge in [0.1, 0.15) is 0 Å². The second-order valence-electron chi connectivity index (χ2n) is 3.95. The van der Waals surface area contributed by atoms with Gasteiger partial charge in [0, 0.05) is 20.0 Å². The van der Waals surface area contributed by atoms with Crippen LogP contribution >= 0.6 is 22.7 Å². The Morgan fingerprint density at radius 2 is 1.69 bits per heavy atom. The van der Waals surface area contributed by atoms with Crippen LogP contribution in [0.4, 0.5) is 0 Å². The first kappa shape index (κ1) is 10.1. The molecule has 0 amide bonds. The molecule has 0 aliphatic rings. The summed E-state index contributed by atoms with van der Waals surface area (Å²) in [6.45, 7) is 4.40. The van der Waals surface area contributed by atoms with Crippen LogP contribution < -0.4 is 0 Å². The zero-order valence-corrected chi connectivity index (χ0v) is 10.9. The van der Waals surface area contributed by atoms with E-state index < -0.39 is 0 Å². The maximum Gasteiger partial charge on any atom is 0.0534 e. The van der Waals surface area contributed by atoms with Gasteiger partial charge in [-0.25, -0.2) is 0 Å². The summed E-state index contributed by atoms with van der Waals surface area (Å²) >= 11 is 3.81. The highest BCUT2D eigenvalue weighted by molar-refractivity contribution is 7.28. The number of aryl methyl sites for hydroxylation is 2. The summed E-state index contributed by atoms with van der Waals surface area (Å²) in [7, 11) is 0. The number of benzene rings is 1. The van der Waals surface area contributed by atoms with Crippen LogP contribution in [0.3, 0.4) is 0 Å². The van der Waals surface area contributed by atoms with Crippen LogP contribution in [-0.4, -0.2) is 0 Å². The summed E-state index contributed by atoms with van der Waals surface area (Å²) in [4.78, 5) is 2.82. The molecule has 3 rings (SSSR count). The van der Waals surface area contributed by atoms with Crippen molar-refractivity contribution in [2.75, 3.05) is 0 Å². The van der Waals surface area contributed by atoms with Gasteiger partial charge in [0.15, 0.2) is 0 Å². The Hall–Kier alpha value is -1.12. The molecule has 0 spiro atoms. The third-order valence-electron chi connectivity index (χ3n) is 2.73. The summed E-state index contributed by atoms with van der Waals surface area (Å²) in [5, 5.41) is 0. The highest BCUT2D eigenvalue weighted by Crippen LogP contribution is 2.42. The van der Waals surface area contributed by atoms with E-state index in [4.69, 9.17) is 0 Å². The monoisotopic (exact) mass is 244 g/mol. The third kappa shape index (κ3) is 1.49. The summed E-state index contributed by atoms with van der Waals surface area (Å²) in [6, 6.07) is 13.0. The van der Waals surface area contributed by atoms with E-state index in [1.165, 1.54) is 30.3 Å². The molecule has 0 unspecified atom stereocenters. The third-order valence-corrected chi connectivity index (χ3v) is 4.98. The van der Waals surface area contributed by atoms with Crippen molar-refractivity contribution < 1.29 is 0 Å². The second kappa shape index (κ2) is 3.72. The lowest BCUT2D eigenvalue weighted by atomic mass is 10.1. The van der Waals surface area contributed by atoms with E-state index in [0.29, 0.717) is 0 Å². The van der Waals surface area contributed by atoms with Gasteiger partial charge in [-0.3, -0.25) is 0 Å². The summed E-state index contributed by atoms with van der Waals surface area (Å²) < 4.78 is 2.88. The fourth-order valence-corrected chi connectivity index (χ4v) is 4.56. The van der Waals surface area contributed by atoms with Crippen LogP contribution in [0.2, 0.25) is 0 Å². The smallest absolute Gasteiger partial charge is 0.0534 e. The fraction of sp³-hybridized carbons (Fsp3) is 0.143. The largest absolute Gasteiger partial charge is 0.139 e. The van der Waals surface area contributed by atoms with Crippen LogP contribution in [0, 0.1) is 13.8 Å². The number of hydrogen-bond donors (Lipinski definition) is 0. The molecule has 0 fully saturated rings. The van der Waals surface area contributed by atoms with Crippen LogP contribution in [0.5, 0.6) is 0 Å². The van der Waals surface area contributed by atoms with Crippen LogP contribution in [0.15, 0.2) is 36.4 Å². The Bertz CT molecular complexity index is 629. The molecule has 1 aromatic carbocycles. The second-order valence-corrected chi connectivity index (χ2v) is 6.46. The molecule has 0 nitrogen and oxygen atoms in total. The quantitative estimate of drug-likeness (QED) is 0.548. The molecule has 0 aliphatic carbocycles. The predicted molar refractivity (Wildman–Crippen MR) is 74.6 cm³/mol. The van der Waals surface area contributed by atoms with Gasteiger partial charge in [-0.15, -0.1) is 22.7 Å². The van der Waals surface area contributed by atoms with Crippen molar-refractivity contribution in [3.63, 3.8) is 0 Å². The van der Waals surface area contributed by atoms with Gasteiger partial charge in [-0.2, -0.15) is 0 Å². The molecule has 0 N–H and O–H groups in total. The average molecular weight is 244 g/mol. The summed E-state index contributed by atoms with van der Waals surface area (Å²) in [5.41, 5.74) is 2.77. The van der Waals surface area contributed by atoms with E-state index in [9.17, 15) is 0 Å². The highest BCUT2D eigenvalue weighted by atomic mass is 32.1. The zero-order valence-electron chi connectivity index (χ0n) is 9.28. The molecule has 2 heterocycles. The number of rotatable bonds is 1. The Kier molecular flexibility index (Phi) is 2.34. The van der Waals surface area contributed by atoms with Crippen LogP contribution in [0.1, 0.15) is 9.75 Å². The lowest BCUT2D eigenvalue weighted by molar-refractivity contribution is 1.60. The Morgan fingerprint density at radius 1 is 0.938 bits per heavy atom. The molecule has 2 aromatic heterocycles. The molecule has 0 aliphatic heterocycles. The Balaban J connectivity index is 2.33. The molecular formula is C14H12S2. The van der Waals surface area contributed by atoms with Gasteiger partial charge in [0.05, 0.1) is 4.70 Å². The summed E-state index contributed by atoms with van der Waals surface area (Å²) in [5.74, 6) is 0. The fourth-order valence-electron chi connectivity index (χ4n) is 2.06. The van der Waals surface area contributed by atoms with Crippen molar-refractivity contribution in [3.05, 3.63) is 46.2 Å². The molecule has 0 atom stereocenters. The molecular weight excluding hydrogens is 232 g/mol. The van der Waals surface area contributed by atoms with Crippen molar-refractivity contribution in [3.8, 4) is 11.1 Å². The number of thiophene rings is 2. The van der Waals surface area contributed by atoms with Gasteiger partial charge in [-0.05, 0) is 25.5 Å². The lowest BCUT2D eigenvalue weighted by Gasteiger charge is -1.99. The van der Waals surface area contributed by atoms with Crippen molar-refractivity contribution in [2.45, 2.75) is 13.8 Å². The Labute approximate surface area is 103 Å². The molecule has 3 aromatic rings. The number of hydrogen-bond acceptors (Lipinski definition) is 2. The molecule has 0 bridgehead atoms. The van der Waals surface area contributed by atoms with Gasteiger partial charge >= 0.3 is 0 Å². The first-order valence-corrected chi connectivity index (χ1v) is 6.94. The summed E-state index contributed by atoms with van der Waals surface area (Å²) in [6.07, 6.45) is 0. The molecule has 0 radical (unpaired) electrons. The van der Waals surface area contributed by atoms with Crippen molar-refractivity contribution >= 4 is 32.1 Å². The van der Waals surface area contributed by atoms with Gasteiger partial charge < -0.3 is 0 Å². The minimum atomic E-state index is 1.34. The van der Waals surface area contributed by atoms with E-state index in [-0.39, 0.29) is 0 Å². The van der Waals surface area contributed by atoms with Crippen LogP contribution in [0.25, 0.3) is 20.5 Å². The van der Waals surface area contributed by atoms with E-state index in [1.54, 1.807) is 0 Å². The van der Waals surface area contributed by atoms with E-state index in [1.807, 2.05) is 22.7 Å². The normalized spacial score (nSPS) is 11.1. The molecule has 16 heavy (non-hydrogen) atoms. The van der Waals surface area contributed by atoms with Gasteiger partial charge in [0.25, 0.3) is 0 Å². The molecule has 80 valence electrons. The average Bonchev–Trinajstić information content (AvgIpc) is 2.74. The molecule has 0 saturated carbocycles. The van der Waals surface area contributed by atoms with Gasteiger partial charge in [0.2, 0.25) is 0 Å². The zero-order chi connectivity index (χ0) is 11.1. The standard InChI is InChI=1S/C14H12S2/c1-9-8-12-14(15-9)13(10(2)16-12)11-6-4-3-5-7-11/h3-8H,1-2H3. The van der Waals surface area contributed by atoms with E-state index >= 15 is 0 Å². The van der Waals surface area contributed by atoms with Crippen molar-refractivity contribution in [2.24, 2.45) is 0 Å². The topological polar surface area (TPSA) is 0 Å². The van der Waals surface area contributed by atoms with Crippen LogP contribution in [-0.2, 0) is 0 Å². The predicted octanol–water partition coefficient (Wildman–Crippen LogP) is 5.25. The maximum absolute atomic E-state index is 2.30. The molecule has 0 saturated heterocycles.